The molecule has 5 rings (SSSR count). The van der Waals surface area contributed by atoms with Gasteiger partial charge in [-0.1, -0.05) is 42.5 Å². The molecule has 0 amide bonds. The summed E-state index contributed by atoms with van der Waals surface area (Å²) in [6.45, 7) is 4.82. The van der Waals surface area contributed by atoms with E-state index >= 15 is 0 Å². The number of likely N-dealkylation sites (N-methyl/N-ethyl adjacent to an activating group) is 1. The summed E-state index contributed by atoms with van der Waals surface area (Å²) < 4.78 is 2.00. The minimum Gasteiger partial charge on any atom is -0.350 e. The van der Waals surface area contributed by atoms with Gasteiger partial charge >= 0.3 is 0 Å². The molecule has 1 aliphatic heterocycles. The maximum Gasteiger partial charge on any atom is 0.203 e. The van der Waals surface area contributed by atoms with E-state index in [1.165, 1.54) is 16.3 Å². The van der Waals surface area contributed by atoms with Crippen LogP contribution in [0.25, 0.3) is 16.4 Å². The highest BCUT2D eigenvalue weighted by molar-refractivity contribution is 5.85. The van der Waals surface area contributed by atoms with Gasteiger partial charge in [0.1, 0.15) is 5.82 Å². The third-order valence-corrected chi connectivity index (χ3v) is 5.56. The maximum atomic E-state index is 4.54. The minimum atomic E-state index is 0.509. The molecule has 0 aliphatic carbocycles. The third-order valence-electron chi connectivity index (χ3n) is 5.56. The zero-order valence-electron chi connectivity index (χ0n) is 15.6. The van der Waals surface area contributed by atoms with Gasteiger partial charge in [-0.2, -0.15) is 0 Å². The Hall–Kier alpha value is -2.99. The Labute approximate surface area is 158 Å². The standard InChI is InChI=1S/C21H22N6/c1-15-23-24-21-20(22-10-11-27(15)21)26-13-18(14-26)25(2)12-17-8-5-7-16-6-3-4-9-19(16)17/h3-11,18H,12-14H2,1-2H3. The monoisotopic (exact) mass is 358 g/mol. The zero-order chi connectivity index (χ0) is 18.4. The SMILES string of the molecule is Cc1nnc2c(N3CC(N(C)Cc4cccc5ccccc45)C3)nccn12. The second-order valence-corrected chi connectivity index (χ2v) is 7.30. The van der Waals surface area contributed by atoms with Gasteiger partial charge in [-0.15, -0.1) is 10.2 Å². The number of aryl methyl sites for hydroxylation is 1. The van der Waals surface area contributed by atoms with Gasteiger partial charge in [-0.05, 0) is 30.3 Å². The van der Waals surface area contributed by atoms with Gasteiger partial charge in [0.15, 0.2) is 5.82 Å². The molecule has 2 aromatic carbocycles. The normalized spacial score (nSPS) is 15.0. The number of hydrogen-bond donors (Lipinski definition) is 0. The fraction of sp³-hybridized carbons (Fsp3) is 0.286. The molecule has 0 N–H and O–H groups in total. The lowest BCUT2D eigenvalue weighted by Crippen LogP contribution is -2.58. The molecule has 4 aromatic rings. The largest absolute Gasteiger partial charge is 0.350 e. The first-order valence-corrected chi connectivity index (χ1v) is 9.29. The van der Waals surface area contributed by atoms with E-state index in [-0.39, 0.29) is 0 Å². The first-order valence-electron chi connectivity index (χ1n) is 9.29. The van der Waals surface area contributed by atoms with Gasteiger partial charge in [0.25, 0.3) is 0 Å². The zero-order valence-corrected chi connectivity index (χ0v) is 15.6. The van der Waals surface area contributed by atoms with Gasteiger partial charge in [0.05, 0.1) is 0 Å². The van der Waals surface area contributed by atoms with Crippen LogP contribution in [0, 0.1) is 6.92 Å². The summed E-state index contributed by atoms with van der Waals surface area (Å²) >= 11 is 0. The molecular formula is C21H22N6. The van der Waals surface area contributed by atoms with Crippen LogP contribution in [-0.4, -0.2) is 50.7 Å². The lowest BCUT2D eigenvalue weighted by atomic mass is 10.0. The molecule has 6 heteroatoms. The van der Waals surface area contributed by atoms with Crippen molar-refractivity contribution < 1.29 is 0 Å². The van der Waals surface area contributed by atoms with E-state index in [2.05, 4.69) is 74.5 Å². The molecule has 2 aromatic heterocycles. The van der Waals surface area contributed by atoms with Crippen molar-refractivity contribution in [2.24, 2.45) is 0 Å². The smallest absolute Gasteiger partial charge is 0.203 e. The fourth-order valence-corrected chi connectivity index (χ4v) is 3.89. The summed E-state index contributed by atoms with van der Waals surface area (Å²) in [6.07, 6.45) is 3.74. The van der Waals surface area contributed by atoms with Crippen LogP contribution in [0.5, 0.6) is 0 Å². The second kappa shape index (κ2) is 6.32. The number of fused-ring (bicyclic) bond motifs is 2. The van der Waals surface area contributed by atoms with E-state index in [0.717, 1.165) is 36.9 Å². The summed E-state index contributed by atoms with van der Waals surface area (Å²) in [5.41, 5.74) is 2.22. The summed E-state index contributed by atoms with van der Waals surface area (Å²) in [7, 11) is 2.21. The van der Waals surface area contributed by atoms with Gasteiger partial charge in [-0.3, -0.25) is 9.30 Å². The molecule has 0 radical (unpaired) electrons. The van der Waals surface area contributed by atoms with Gasteiger partial charge < -0.3 is 4.90 Å². The molecule has 1 saturated heterocycles. The molecule has 0 spiro atoms. The Morgan fingerprint density at radius 1 is 1.07 bits per heavy atom. The molecule has 0 saturated carbocycles. The van der Waals surface area contributed by atoms with Crippen molar-refractivity contribution in [3.8, 4) is 0 Å². The predicted molar refractivity (Wildman–Crippen MR) is 107 cm³/mol. The molecule has 0 unspecified atom stereocenters. The molecule has 3 heterocycles. The van der Waals surface area contributed by atoms with Crippen molar-refractivity contribution in [3.05, 3.63) is 66.2 Å². The van der Waals surface area contributed by atoms with E-state index in [9.17, 15) is 0 Å². The van der Waals surface area contributed by atoms with Crippen LogP contribution in [0.2, 0.25) is 0 Å². The van der Waals surface area contributed by atoms with Crippen LogP contribution in [0.15, 0.2) is 54.9 Å². The molecule has 1 aliphatic rings. The lowest BCUT2D eigenvalue weighted by molar-refractivity contribution is 0.197. The maximum absolute atomic E-state index is 4.54. The Balaban J connectivity index is 1.31. The molecule has 1 fully saturated rings. The first kappa shape index (κ1) is 16.2. The summed E-state index contributed by atoms with van der Waals surface area (Å²) in [5, 5.41) is 11.1. The molecule has 27 heavy (non-hydrogen) atoms. The predicted octanol–water partition coefficient (Wildman–Crippen LogP) is 2.91. The molecule has 0 bridgehead atoms. The van der Waals surface area contributed by atoms with Crippen molar-refractivity contribution >= 4 is 22.2 Å². The average molecular weight is 358 g/mol. The van der Waals surface area contributed by atoms with E-state index in [4.69, 9.17) is 0 Å². The molecular weight excluding hydrogens is 336 g/mol. The van der Waals surface area contributed by atoms with Gasteiger partial charge in [0, 0.05) is 38.1 Å². The van der Waals surface area contributed by atoms with Crippen molar-refractivity contribution in [2.45, 2.75) is 19.5 Å². The Kier molecular flexibility index (Phi) is 3.79. The van der Waals surface area contributed by atoms with Crippen LogP contribution in [0.3, 0.4) is 0 Å². The molecule has 6 nitrogen and oxygen atoms in total. The molecule has 0 atom stereocenters. The number of benzene rings is 2. The topological polar surface area (TPSA) is 49.6 Å². The quantitative estimate of drug-likeness (QED) is 0.561. The van der Waals surface area contributed by atoms with Crippen LogP contribution in [-0.2, 0) is 6.54 Å². The Morgan fingerprint density at radius 3 is 2.78 bits per heavy atom. The van der Waals surface area contributed by atoms with E-state index in [0.29, 0.717) is 6.04 Å². The van der Waals surface area contributed by atoms with Crippen molar-refractivity contribution in [1.82, 2.24) is 24.5 Å². The van der Waals surface area contributed by atoms with Crippen molar-refractivity contribution in [1.29, 1.82) is 0 Å². The average Bonchev–Trinajstić information content (AvgIpc) is 3.03. The highest BCUT2D eigenvalue weighted by Crippen LogP contribution is 2.26. The number of hydrogen-bond acceptors (Lipinski definition) is 5. The number of rotatable bonds is 4. The van der Waals surface area contributed by atoms with Crippen molar-refractivity contribution in [2.75, 3.05) is 25.0 Å². The van der Waals surface area contributed by atoms with Gasteiger partial charge in [0.2, 0.25) is 5.65 Å². The van der Waals surface area contributed by atoms with E-state index in [1.807, 2.05) is 23.7 Å². The fourth-order valence-electron chi connectivity index (χ4n) is 3.89. The van der Waals surface area contributed by atoms with Crippen LogP contribution in [0.4, 0.5) is 5.82 Å². The number of nitrogens with zero attached hydrogens (tertiary/aromatic N) is 6. The minimum absolute atomic E-state index is 0.509. The van der Waals surface area contributed by atoms with Crippen molar-refractivity contribution in [3.63, 3.8) is 0 Å². The lowest BCUT2D eigenvalue weighted by Gasteiger charge is -2.44. The Morgan fingerprint density at radius 2 is 1.89 bits per heavy atom. The Bertz CT molecular complexity index is 1110. The number of anilines is 1. The third kappa shape index (κ3) is 2.73. The molecule has 136 valence electrons. The van der Waals surface area contributed by atoms with Crippen LogP contribution in [0.1, 0.15) is 11.4 Å². The van der Waals surface area contributed by atoms with E-state index < -0.39 is 0 Å². The summed E-state index contributed by atoms with van der Waals surface area (Å²) in [6, 6.07) is 15.7. The van der Waals surface area contributed by atoms with Crippen LogP contribution < -0.4 is 4.90 Å². The highest BCUT2D eigenvalue weighted by atomic mass is 15.4. The highest BCUT2D eigenvalue weighted by Gasteiger charge is 2.32. The summed E-state index contributed by atoms with van der Waals surface area (Å²) in [4.78, 5) is 9.27. The van der Waals surface area contributed by atoms with Crippen LogP contribution >= 0.6 is 0 Å². The van der Waals surface area contributed by atoms with Gasteiger partial charge in [-0.25, -0.2) is 4.98 Å². The summed E-state index contributed by atoms with van der Waals surface area (Å²) in [5.74, 6) is 1.81. The number of aromatic nitrogens is 4. The first-order chi connectivity index (χ1) is 13.2. The second-order valence-electron chi connectivity index (χ2n) is 7.30. The van der Waals surface area contributed by atoms with E-state index in [1.54, 1.807) is 0 Å².